The number of aromatic nitrogens is 1. The molecule has 1 saturated heterocycles. The molecule has 0 aliphatic carbocycles. The second-order valence-corrected chi connectivity index (χ2v) is 7.55. The van der Waals surface area contributed by atoms with Crippen LogP contribution in [0, 0.1) is 6.92 Å². The van der Waals surface area contributed by atoms with Gasteiger partial charge in [-0.3, -0.25) is 4.79 Å². The van der Waals surface area contributed by atoms with Crippen molar-refractivity contribution in [3.05, 3.63) is 45.4 Å². The molecule has 1 atom stereocenters. The number of carbonyl (C=O) groups excluding carboxylic acids is 2. The molecule has 3 rings (SSSR count). The molecule has 0 spiro atoms. The lowest BCUT2D eigenvalue weighted by Gasteiger charge is -2.21. The second kappa shape index (κ2) is 7.41. The average molecular weight is 379 g/mol. The predicted molar refractivity (Wildman–Crippen MR) is 99.1 cm³/mol. The van der Waals surface area contributed by atoms with E-state index in [2.05, 4.69) is 10.3 Å². The summed E-state index contributed by atoms with van der Waals surface area (Å²) in [6.45, 7) is 2.81. The number of benzene rings is 1. The number of halogens is 1. The Bertz CT molecular complexity index is 794. The van der Waals surface area contributed by atoms with Crippen LogP contribution in [0.3, 0.4) is 0 Å². The van der Waals surface area contributed by atoms with Gasteiger partial charge in [0.2, 0.25) is 5.91 Å². The maximum atomic E-state index is 12.4. The maximum Gasteiger partial charge on any atom is 0.317 e. The summed E-state index contributed by atoms with van der Waals surface area (Å²) in [4.78, 5) is 32.2. The Morgan fingerprint density at radius 3 is 3.00 bits per heavy atom. The van der Waals surface area contributed by atoms with Crippen LogP contribution in [0.5, 0.6) is 0 Å². The maximum absolute atomic E-state index is 12.4. The van der Waals surface area contributed by atoms with Crippen molar-refractivity contribution in [2.45, 2.75) is 25.9 Å². The van der Waals surface area contributed by atoms with Crippen LogP contribution in [0.2, 0.25) is 5.02 Å². The summed E-state index contributed by atoms with van der Waals surface area (Å²) in [5.41, 5.74) is 1.61. The molecule has 1 aliphatic heterocycles. The SMILES string of the molecule is Cc1nc(CN(C)C(=O)NC2CC(=O)N(c3cccc(Cl)c3)C2)cs1. The van der Waals surface area contributed by atoms with E-state index in [1.165, 1.54) is 0 Å². The van der Waals surface area contributed by atoms with Crippen molar-refractivity contribution in [2.24, 2.45) is 0 Å². The highest BCUT2D eigenvalue weighted by atomic mass is 35.5. The van der Waals surface area contributed by atoms with Crippen LogP contribution in [0.1, 0.15) is 17.1 Å². The minimum Gasteiger partial charge on any atom is -0.333 e. The molecular weight excluding hydrogens is 360 g/mol. The number of hydrogen-bond donors (Lipinski definition) is 1. The zero-order valence-corrected chi connectivity index (χ0v) is 15.6. The van der Waals surface area contributed by atoms with E-state index in [-0.39, 0.29) is 24.4 Å². The van der Waals surface area contributed by atoms with Crippen molar-refractivity contribution in [3.8, 4) is 0 Å². The van der Waals surface area contributed by atoms with Crippen molar-refractivity contribution >= 4 is 40.6 Å². The number of thiazole rings is 1. The van der Waals surface area contributed by atoms with Gasteiger partial charge in [0, 0.05) is 36.1 Å². The van der Waals surface area contributed by atoms with Gasteiger partial charge in [-0.05, 0) is 25.1 Å². The zero-order chi connectivity index (χ0) is 18.0. The lowest BCUT2D eigenvalue weighted by Crippen LogP contribution is -2.44. The normalized spacial score (nSPS) is 17.0. The molecule has 1 fully saturated rings. The molecule has 3 amide bonds. The molecule has 1 aromatic heterocycles. The summed E-state index contributed by atoms with van der Waals surface area (Å²) in [7, 11) is 1.72. The minimum absolute atomic E-state index is 0.0228. The van der Waals surface area contributed by atoms with Gasteiger partial charge in [0.1, 0.15) is 0 Å². The first kappa shape index (κ1) is 17.7. The van der Waals surface area contributed by atoms with E-state index in [0.29, 0.717) is 18.1 Å². The molecule has 1 aliphatic rings. The van der Waals surface area contributed by atoms with Gasteiger partial charge in [-0.1, -0.05) is 17.7 Å². The lowest BCUT2D eigenvalue weighted by molar-refractivity contribution is -0.117. The van der Waals surface area contributed by atoms with E-state index in [1.54, 1.807) is 46.4 Å². The van der Waals surface area contributed by atoms with Crippen LogP contribution in [0.15, 0.2) is 29.6 Å². The molecule has 2 aromatic rings. The molecule has 1 N–H and O–H groups in total. The average Bonchev–Trinajstić information content (AvgIpc) is 3.12. The monoisotopic (exact) mass is 378 g/mol. The van der Waals surface area contributed by atoms with Gasteiger partial charge >= 0.3 is 6.03 Å². The Kier molecular flexibility index (Phi) is 5.24. The van der Waals surface area contributed by atoms with Gasteiger partial charge in [0.15, 0.2) is 0 Å². The number of rotatable bonds is 4. The molecule has 0 radical (unpaired) electrons. The van der Waals surface area contributed by atoms with Crippen molar-refractivity contribution < 1.29 is 9.59 Å². The van der Waals surface area contributed by atoms with Crippen LogP contribution in [0.4, 0.5) is 10.5 Å². The summed E-state index contributed by atoms with van der Waals surface area (Å²) < 4.78 is 0. The molecule has 1 unspecified atom stereocenters. The van der Waals surface area contributed by atoms with E-state index < -0.39 is 0 Å². The molecule has 8 heteroatoms. The van der Waals surface area contributed by atoms with Gasteiger partial charge in [0.05, 0.1) is 23.3 Å². The van der Waals surface area contributed by atoms with Gasteiger partial charge in [-0.15, -0.1) is 11.3 Å². The number of amides is 3. The van der Waals surface area contributed by atoms with Crippen molar-refractivity contribution in [1.82, 2.24) is 15.2 Å². The van der Waals surface area contributed by atoms with Crippen LogP contribution in [-0.4, -0.2) is 41.5 Å². The van der Waals surface area contributed by atoms with Crippen LogP contribution < -0.4 is 10.2 Å². The summed E-state index contributed by atoms with van der Waals surface area (Å²) in [5, 5.41) is 6.42. The van der Waals surface area contributed by atoms with E-state index >= 15 is 0 Å². The van der Waals surface area contributed by atoms with Crippen molar-refractivity contribution in [2.75, 3.05) is 18.5 Å². The predicted octanol–water partition coefficient (Wildman–Crippen LogP) is 3.05. The number of carbonyl (C=O) groups is 2. The van der Waals surface area contributed by atoms with Crippen molar-refractivity contribution in [3.63, 3.8) is 0 Å². The van der Waals surface area contributed by atoms with Crippen LogP contribution in [0.25, 0.3) is 0 Å². The molecule has 0 saturated carbocycles. The highest BCUT2D eigenvalue weighted by Crippen LogP contribution is 2.24. The largest absolute Gasteiger partial charge is 0.333 e. The van der Waals surface area contributed by atoms with Gasteiger partial charge < -0.3 is 15.1 Å². The van der Waals surface area contributed by atoms with E-state index in [1.807, 2.05) is 18.4 Å². The highest BCUT2D eigenvalue weighted by Gasteiger charge is 2.32. The van der Waals surface area contributed by atoms with Gasteiger partial charge in [-0.2, -0.15) is 0 Å². The third-order valence-corrected chi connectivity index (χ3v) is 5.04. The Morgan fingerprint density at radius 2 is 2.32 bits per heavy atom. The minimum atomic E-state index is -0.224. The first-order valence-corrected chi connectivity index (χ1v) is 9.16. The first-order chi connectivity index (χ1) is 11.9. The fourth-order valence-electron chi connectivity index (χ4n) is 2.78. The zero-order valence-electron chi connectivity index (χ0n) is 14.0. The number of aryl methyl sites for hydroxylation is 1. The topological polar surface area (TPSA) is 65.5 Å². The second-order valence-electron chi connectivity index (χ2n) is 6.05. The Balaban J connectivity index is 1.58. The summed E-state index contributed by atoms with van der Waals surface area (Å²) >= 11 is 7.55. The Labute approximate surface area is 155 Å². The van der Waals surface area contributed by atoms with Gasteiger partial charge in [0.25, 0.3) is 0 Å². The molecule has 25 heavy (non-hydrogen) atoms. The first-order valence-electron chi connectivity index (χ1n) is 7.91. The van der Waals surface area contributed by atoms with Gasteiger partial charge in [-0.25, -0.2) is 9.78 Å². The summed E-state index contributed by atoms with van der Waals surface area (Å²) in [6.07, 6.45) is 0.280. The third kappa shape index (κ3) is 4.29. The number of nitrogens with zero attached hydrogens (tertiary/aromatic N) is 3. The molecule has 0 bridgehead atoms. The molecule has 6 nitrogen and oxygen atoms in total. The number of nitrogens with one attached hydrogen (secondary N) is 1. The number of anilines is 1. The fourth-order valence-corrected chi connectivity index (χ4v) is 3.57. The molecule has 2 heterocycles. The Morgan fingerprint density at radius 1 is 1.52 bits per heavy atom. The fraction of sp³-hybridized carbons (Fsp3) is 0.353. The van der Waals surface area contributed by atoms with Crippen LogP contribution >= 0.6 is 22.9 Å². The number of hydrogen-bond acceptors (Lipinski definition) is 4. The molecule has 132 valence electrons. The summed E-state index contributed by atoms with van der Waals surface area (Å²) in [5.74, 6) is -0.0228. The third-order valence-electron chi connectivity index (χ3n) is 3.98. The van der Waals surface area contributed by atoms with E-state index in [0.717, 1.165) is 16.4 Å². The van der Waals surface area contributed by atoms with E-state index in [9.17, 15) is 9.59 Å². The quantitative estimate of drug-likeness (QED) is 0.889. The molecular formula is C17H19ClN4O2S. The lowest BCUT2D eigenvalue weighted by atomic mass is 10.2. The van der Waals surface area contributed by atoms with E-state index in [4.69, 9.17) is 11.6 Å². The standard InChI is InChI=1S/C17H19ClN4O2S/c1-11-19-14(10-25-11)8-21(2)17(24)20-13-7-16(23)22(9-13)15-5-3-4-12(18)6-15/h3-6,10,13H,7-9H2,1-2H3,(H,20,24). The number of urea groups is 1. The smallest absolute Gasteiger partial charge is 0.317 e. The Hall–Kier alpha value is -2.12. The molecule has 1 aromatic carbocycles. The summed E-state index contributed by atoms with van der Waals surface area (Å²) in [6, 6.07) is 6.72. The highest BCUT2D eigenvalue weighted by molar-refractivity contribution is 7.09. The van der Waals surface area contributed by atoms with Crippen molar-refractivity contribution in [1.29, 1.82) is 0 Å². The van der Waals surface area contributed by atoms with Crippen LogP contribution in [-0.2, 0) is 11.3 Å².